The zero-order valence-electron chi connectivity index (χ0n) is 14.0. The molecule has 0 heterocycles. The number of rotatable bonds is 8. The van der Waals surface area contributed by atoms with Crippen molar-refractivity contribution >= 4 is 17.9 Å². The Morgan fingerprint density at radius 3 is 2.62 bits per heavy atom. The number of ether oxygens (including phenoxy) is 2. The molecule has 4 N–H and O–H groups in total. The molecular weight excluding hydrogens is 313 g/mol. The van der Waals surface area contributed by atoms with Crippen molar-refractivity contribution in [2.45, 2.75) is 52.1 Å². The van der Waals surface area contributed by atoms with Crippen LogP contribution in [0, 0.1) is 16.6 Å². The van der Waals surface area contributed by atoms with Crippen LogP contribution in [0.5, 0.6) is 0 Å². The van der Waals surface area contributed by atoms with Crippen LogP contribution in [0.3, 0.4) is 0 Å². The maximum absolute atomic E-state index is 14.2. The lowest BCUT2D eigenvalue weighted by Gasteiger charge is -2.19. The average Bonchev–Trinajstić information content (AvgIpc) is 2.47. The van der Waals surface area contributed by atoms with E-state index in [0.717, 1.165) is 31.2 Å². The van der Waals surface area contributed by atoms with Crippen LogP contribution < -0.4 is 5.73 Å². The number of nitrogens with two attached hydrogens (primary N) is 1. The van der Waals surface area contributed by atoms with E-state index in [1.807, 2.05) is 0 Å². The van der Waals surface area contributed by atoms with Crippen LogP contribution in [0.15, 0.2) is 18.2 Å². The summed E-state index contributed by atoms with van der Waals surface area (Å²) in [5, 5.41) is 14.9. The molecule has 6 nitrogen and oxygen atoms in total. The molecule has 1 aromatic rings. The second kappa shape index (κ2) is 9.64. The van der Waals surface area contributed by atoms with E-state index in [-0.39, 0.29) is 23.8 Å². The van der Waals surface area contributed by atoms with Crippen molar-refractivity contribution in [1.29, 1.82) is 10.8 Å². The first kappa shape index (κ1) is 19.6. The highest BCUT2D eigenvalue weighted by Crippen LogP contribution is 2.26. The predicted molar refractivity (Wildman–Crippen MR) is 89.9 cm³/mol. The molecule has 1 atom stereocenters. The molecule has 1 unspecified atom stereocenters. The van der Waals surface area contributed by atoms with E-state index in [1.54, 1.807) is 12.1 Å². The number of aryl methyl sites for hydroxylation is 1. The summed E-state index contributed by atoms with van der Waals surface area (Å²) in [6.45, 7) is 3.47. The fraction of sp³-hybridized carbons (Fsp3) is 0.471. The third kappa shape index (κ3) is 6.76. The predicted octanol–water partition coefficient (Wildman–Crippen LogP) is 4.08. The van der Waals surface area contributed by atoms with Crippen molar-refractivity contribution in [1.82, 2.24) is 0 Å². The van der Waals surface area contributed by atoms with Gasteiger partial charge in [0.1, 0.15) is 11.9 Å². The van der Waals surface area contributed by atoms with Gasteiger partial charge in [-0.25, -0.2) is 9.18 Å². The molecule has 0 aromatic heterocycles. The van der Waals surface area contributed by atoms with Gasteiger partial charge in [-0.2, -0.15) is 0 Å². The highest BCUT2D eigenvalue weighted by Gasteiger charge is 2.22. The summed E-state index contributed by atoms with van der Waals surface area (Å²) < 4.78 is 24.0. The van der Waals surface area contributed by atoms with E-state index in [4.69, 9.17) is 26.0 Å². The maximum Gasteiger partial charge on any atom is 0.405 e. The minimum absolute atomic E-state index is 0.152. The number of carbonyl (C=O) groups is 1. The van der Waals surface area contributed by atoms with E-state index in [9.17, 15) is 9.18 Å². The Hall–Kier alpha value is -2.44. The minimum atomic E-state index is -1.07. The summed E-state index contributed by atoms with van der Waals surface area (Å²) in [6.07, 6.45) is 1.60. The first-order valence-electron chi connectivity index (χ1n) is 7.88. The molecule has 0 fully saturated rings. The molecule has 1 rings (SSSR count). The smallest absolute Gasteiger partial charge is 0.405 e. The van der Waals surface area contributed by atoms with Crippen LogP contribution in [0.1, 0.15) is 56.8 Å². The Labute approximate surface area is 141 Å². The fourth-order valence-electron chi connectivity index (χ4n) is 2.32. The number of amides is 1. The van der Waals surface area contributed by atoms with Crippen molar-refractivity contribution < 1.29 is 18.7 Å². The third-order valence-electron chi connectivity index (χ3n) is 3.38. The topological polar surface area (TPSA) is 109 Å². The quantitative estimate of drug-likeness (QED) is 0.378. The molecule has 0 aliphatic heterocycles. The van der Waals surface area contributed by atoms with Gasteiger partial charge in [-0.15, -0.1) is 0 Å². The second-order valence-electron chi connectivity index (χ2n) is 5.52. The van der Waals surface area contributed by atoms with Crippen molar-refractivity contribution in [3.05, 3.63) is 35.1 Å². The number of carbonyl (C=O) groups excluding carboxylic acids is 1. The Morgan fingerprint density at radius 1 is 1.33 bits per heavy atom. The standard InChI is InChI=1S/C17H24FN3O3/c1-3-4-5-6-12-7-8-14(18)13(9-12)15(24-17(21)22)10-16(20)23-11(2)19/h7-9,15,19-20H,3-6,10H2,1-2H3,(H2,21,22). The lowest BCUT2D eigenvalue weighted by molar-refractivity contribution is 0.106. The minimum Gasteiger partial charge on any atom is -0.441 e. The van der Waals surface area contributed by atoms with Crippen LogP contribution in [-0.4, -0.2) is 17.9 Å². The van der Waals surface area contributed by atoms with Gasteiger partial charge < -0.3 is 15.2 Å². The summed E-state index contributed by atoms with van der Waals surface area (Å²) >= 11 is 0. The molecule has 7 heteroatoms. The number of primary amides is 1. The molecule has 0 saturated heterocycles. The van der Waals surface area contributed by atoms with Crippen LogP contribution in [0.2, 0.25) is 0 Å². The van der Waals surface area contributed by atoms with E-state index in [0.29, 0.717) is 0 Å². The van der Waals surface area contributed by atoms with Gasteiger partial charge in [0.15, 0.2) is 11.8 Å². The van der Waals surface area contributed by atoms with Crippen LogP contribution >= 0.6 is 0 Å². The summed E-state index contributed by atoms with van der Waals surface area (Å²) in [5.41, 5.74) is 6.13. The molecule has 1 aromatic carbocycles. The summed E-state index contributed by atoms with van der Waals surface area (Å²) in [7, 11) is 0. The summed E-state index contributed by atoms with van der Waals surface area (Å²) in [6, 6.07) is 4.64. The number of hydrogen-bond acceptors (Lipinski definition) is 5. The van der Waals surface area contributed by atoms with Gasteiger partial charge >= 0.3 is 6.09 Å². The lowest BCUT2D eigenvalue weighted by Crippen LogP contribution is -2.22. The second-order valence-corrected chi connectivity index (χ2v) is 5.52. The van der Waals surface area contributed by atoms with Gasteiger partial charge in [-0.05, 0) is 30.5 Å². The molecule has 0 saturated carbocycles. The molecule has 0 spiro atoms. The van der Waals surface area contributed by atoms with Crippen molar-refractivity contribution in [3.63, 3.8) is 0 Å². The molecule has 0 aliphatic carbocycles. The van der Waals surface area contributed by atoms with Gasteiger partial charge in [0.05, 0.1) is 6.42 Å². The summed E-state index contributed by atoms with van der Waals surface area (Å²) in [5.74, 6) is -1.02. The number of hydrogen-bond donors (Lipinski definition) is 3. The molecule has 0 radical (unpaired) electrons. The van der Waals surface area contributed by atoms with Crippen LogP contribution in [0.4, 0.5) is 9.18 Å². The van der Waals surface area contributed by atoms with Crippen molar-refractivity contribution in [2.75, 3.05) is 0 Å². The summed E-state index contributed by atoms with van der Waals surface area (Å²) in [4.78, 5) is 11.1. The van der Waals surface area contributed by atoms with E-state index < -0.39 is 18.0 Å². The third-order valence-corrected chi connectivity index (χ3v) is 3.38. The normalized spacial score (nSPS) is 11.6. The Kier molecular flexibility index (Phi) is 7.88. The number of unbranched alkanes of at least 4 members (excludes halogenated alkanes) is 2. The molecular formula is C17H24FN3O3. The monoisotopic (exact) mass is 337 g/mol. The lowest BCUT2D eigenvalue weighted by atomic mass is 9.99. The van der Waals surface area contributed by atoms with E-state index in [1.165, 1.54) is 13.0 Å². The largest absolute Gasteiger partial charge is 0.441 e. The number of halogens is 1. The van der Waals surface area contributed by atoms with Gasteiger partial charge in [-0.1, -0.05) is 25.8 Å². The zero-order valence-corrected chi connectivity index (χ0v) is 14.0. The van der Waals surface area contributed by atoms with Gasteiger partial charge in [0.2, 0.25) is 0 Å². The SMILES string of the molecule is CCCCCc1ccc(F)c(C(CC(=N)OC(C)=N)OC(N)=O)c1. The van der Waals surface area contributed by atoms with Crippen molar-refractivity contribution in [2.24, 2.45) is 5.73 Å². The van der Waals surface area contributed by atoms with Crippen LogP contribution in [0.25, 0.3) is 0 Å². The Balaban J connectivity index is 2.98. The van der Waals surface area contributed by atoms with Gasteiger partial charge in [0.25, 0.3) is 0 Å². The van der Waals surface area contributed by atoms with Crippen molar-refractivity contribution in [3.8, 4) is 0 Å². The van der Waals surface area contributed by atoms with E-state index >= 15 is 0 Å². The number of benzene rings is 1. The van der Waals surface area contributed by atoms with Crippen LogP contribution in [-0.2, 0) is 15.9 Å². The number of nitrogens with one attached hydrogen (secondary N) is 2. The molecule has 1 amide bonds. The maximum atomic E-state index is 14.2. The molecule has 24 heavy (non-hydrogen) atoms. The molecule has 0 aliphatic rings. The average molecular weight is 337 g/mol. The fourth-order valence-corrected chi connectivity index (χ4v) is 2.32. The highest BCUT2D eigenvalue weighted by molar-refractivity contribution is 5.87. The Bertz CT molecular complexity index is 605. The van der Waals surface area contributed by atoms with Gasteiger partial charge in [0, 0.05) is 12.5 Å². The highest BCUT2D eigenvalue weighted by atomic mass is 19.1. The molecule has 132 valence electrons. The molecule has 0 bridgehead atoms. The van der Waals surface area contributed by atoms with E-state index in [2.05, 4.69) is 6.92 Å². The zero-order chi connectivity index (χ0) is 18.1. The van der Waals surface area contributed by atoms with Gasteiger partial charge in [-0.3, -0.25) is 10.8 Å². The first-order chi connectivity index (χ1) is 11.3. The Morgan fingerprint density at radius 2 is 2.04 bits per heavy atom. The first-order valence-corrected chi connectivity index (χ1v) is 7.88.